The van der Waals surface area contributed by atoms with Crippen molar-refractivity contribution in [3.63, 3.8) is 0 Å². The first-order chi connectivity index (χ1) is 13.0. The SMILES string of the molecule is O=C(c1ccc(F)cc1)N1C(=S)C(c2ccc(Cl)cc2)=NC12CCCCC2. The van der Waals surface area contributed by atoms with E-state index in [0.717, 1.165) is 37.7 Å². The molecular formula is C21H18ClFN2OS. The van der Waals surface area contributed by atoms with E-state index in [0.29, 0.717) is 21.3 Å². The van der Waals surface area contributed by atoms with Crippen molar-refractivity contribution >= 4 is 40.4 Å². The number of aliphatic imine (C=N–C) groups is 1. The highest BCUT2D eigenvalue weighted by Gasteiger charge is 2.48. The summed E-state index contributed by atoms with van der Waals surface area (Å²) in [7, 11) is 0. The fourth-order valence-electron chi connectivity index (χ4n) is 3.85. The van der Waals surface area contributed by atoms with Crippen LogP contribution < -0.4 is 0 Å². The molecule has 138 valence electrons. The number of hydrogen-bond donors (Lipinski definition) is 0. The lowest BCUT2D eigenvalue weighted by Crippen LogP contribution is -2.50. The summed E-state index contributed by atoms with van der Waals surface area (Å²) in [5, 5.41) is 0.634. The number of benzene rings is 2. The Labute approximate surface area is 167 Å². The molecule has 6 heteroatoms. The van der Waals surface area contributed by atoms with E-state index in [9.17, 15) is 9.18 Å². The summed E-state index contributed by atoms with van der Waals surface area (Å²) in [4.78, 5) is 20.3. The molecule has 1 heterocycles. The van der Waals surface area contributed by atoms with Crippen molar-refractivity contribution in [1.29, 1.82) is 0 Å². The van der Waals surface area contributed by atoms with Crippen LogP contribution in [0.25, 0.3) is 0 Å². The zero-order valence-corrected chi connectivity index (χ0v) is 16.2. The minimum absolute atomic E-state index is 0.227. The van der Waals surface area contributed by atoms with Crippen molar-refractivity contribution in [1.82, 2.24) is 4.90 Å². The van der Waals surface area contributed by atoms with Gasteiger partial charge in [-0.1, -0.05) is 42.4 Å². The van der Waals surface area contributed by atoms with Gasteiger partial charge in [-0.15, -0.1) is 0 Å². The third-order valence-corrected chi connectivity index (χ3v) is 5.84. The molecule has 27 heavy (non-hydrogen) atoms. The van der Waals surface area contributed by atoms with Gasteiger partial charge in [-0.05, 0) is 62.1 Å². The molecule has 1 aliphatic carbocycles. The van der Waals surface area contributed by atoms with Gasteiger partial charge in [0, 0.05) is 16.1 Å². The van der Waals surface area contributed by atoms with Crippen LogP contribution >= 0.6 is 23.8 Å². The van der Waals surface area contributed by atoms with Gasteiger partial charge < -0.3 is 0 Å². The van der Waals surface area contributed by atoms with Crippen LogP contribution in [0.4, 0.5) is 4.39 Å². The van der Waals surface area contributed by atoms with Gasteiger partial charge in [-0.25, -0.2) is 4.39 Å². The molecule has 4 rings (SSSR count). The third-order valence-electron chi connectivity index (χ3n) is 5.21. The summed E-state index contributed by atoms with van der Waals surface area (Å²) in [5.74, 6) is -0.601. The van der Waals surface area contributed by atoms with E-state index in [4.69, 9.17) is 28.8 Å². The molecule has 1 amide bonds. The summed E-state index contributed by atoms with van der Waals surface area (Å²) >= 11 is 11.7. The van der Waals surface area contributed by atoms with Crippen LogP contribution in [0.5, 0.6) is 0 Å². The van der Waals surface area contributed by atoms with Crippen molar-refractivity contribution in [2.75, 3.05) is 0 Å². The van der Waals surface area contributed by atoms with Gasteiger partial charge in [0.05, 0.1) is 0 Å². The number of rotatable bonds is 2. The minimum atomic E-state index is -0.643. The second-order valence-electron chi connectivity index (χ2n) is 6.96. The summed E-state index contributed by atoms with van der Waals surface area (Å²) in [6, 6.07) is 12.9. The molecule has 0 aromatic heterocycles. The third kappa shape index (κ3) is 3.30. The van der Waals surface area contributed by atoms with Gasteiger partial charge >= 0.3 is 0 Å². The van der Waals surface area contributed by atoms with Gasteiger partial charge in [0.25, 0.3) is 5.91 Å². The average molecular weight is 401 g/mol. The Bertz CT molecular complexity index is 918. The number of nitrogens with zero attached hydrogens (tertiary/aromatic N) is 2. The van der Waals surface area contributed by atoms with Gasteiger partial charge in [0.1, 0.15) is 22.2 Å². The maximum Gasteiger partial charge on any atom is 0.260 e. The Balaban J connectivity index is 1.76. The van der Waals surface area contributed by atoms with Crippen LogP contribution in [0.3, 0.4) is 0 Å². The number of carbonyl (C=O) groups excluding carboxylic acids is 1. The van der Waals surface area contributed by atoms with E-state index in [1.54, 1.807) is 17.0 Å². The van der Waals surface area contributed by atoms with Crippen molar-refractivity contribution in [2.24, 2.45) is 4.99 Å². The zero-order chi connectivity index (χ0) is 19.0. The molecule has 0 N–H and O–H groups in total. The number of hydrogen-bond acceptors (Lipinski definition) is 3. The molecule has 0 bridgehead atoms. The van der Waals surface area contributed by atoms with Crippen LogP contribution in [-0.2, 0) is 0 Å². The van der Waals surface area contributed by atoms with Crippen LogP contribution in [-0.4, -0.2) is 27.2 Å². The first-order valence-electron chi connectivity index (χ1n) is 9.00. The molecule has 0 atom stereocenters. The molecule has 1 fully saturated rings. The van der Waals surface area contributed by atoms with E-state index in [-0.39, 0.29) is 11.7 Å². The van der Waals surface area contributed by atoms with Gasteiger partial charge in [-0.3, -0.25) is 14.7 Å². The number of thiocarbonyl (C=S) groups is 1. The molecule has 1 spiro atoms. The molecular weight excluding hydrogens is 383 g/mol. The second-order valence-corrected chi connectivity index (χ2v) is 7.79. The minimum Gasteiger partial charge on any atom is -0.271 e. The molecule has 2 aromatic rings. The van der Waals surface area contributed by atoms with Crippen molar-refractivity contribution in [2.45, 2.75) is 37.8 Å². The first kappa shape index (κ1) is 18.3. The molecule has 2 aromatic carbocycles. The topological polar surface area (TPSA) is 32.7 Å². The van der Waals surface area contributed by atoms with Crippen molar-refractivity contribution in [3.05, 3.63) is 70.5 Å². The number of amides is 1. The van der Waals surface area contributed by atoms with Gasteiger partial charge in [-0.2, -0.15) is 0 Å². The lowest BCUT2D eigenvalue weighted by Gasteiger charge is -2.38. The van der Waals surface area contributed by atoms with Crippen molar-refractivity contribution < 1.29 is 9.18 Å². The monoisotopic (exact) mass is 400 g/mol. The highest BCUT2D eigenvalue weighted by Crippen LogP contribution is 2.41. The highest BCUT2D eigenvalue weighted by atomic mass is 35.5. The predicted molar refractivity (Wildman–Crippen MR) is 109 cm³/mol. The largest absolute Gasteiger partial charge is 0.271 e. The molecule has 2 aliphatic rings. The lowest BCUT2D eigenvalue weighted by molar-refractivity contribution is 0.0648. The smallest absolute Gasteiger partial charge is 0.260 e. The van der Waals surface area contributed by atoms with E-state index in [1.165, 1.54) is 24.3 Å². The van der Waals surface area contributed by atoms with E-state index in [2.05, 4.69) is 0 Å². The second kappa shape index (κ2) is 7.13. The maximum absolute atomic E-state index is 13.3. The predicted octanol–water partition coefficient (Wildman–Crippen LogP) is 5.41. The molecule has 0 unspecified atom stereocenters. The molecule has 0 saturated heterocycles. The van der Waals surface area contributed by atoms with E-state index in [1.807, 2.05) is 12.1 Å². The van der Waals surface area contributed by atoms with Crippen LogP contribution in [0, 0.1) is 5.82 Å². The quantitative estimate of drug-likeness (QED) is 0.631. The molecule has 3 nitrogen and oxygen atoms in total. The fraction of sp³-hybridized carbons (Fsp3) is 0.286. The zero-order valence-electron chi connectivity index (χ0n) is 14.6. The molecule has 0 radical (unpaired) electrons. The van der Waals surface area contributed by atoms with Crippen molar-refractivity contribution in [3.8, 4) is 0 Å². The summed E-state index contributed by atoms with van der Waals surface area (Å²) in [6.07, 6.45) is 4.66. The average Bonchev–Trinajstić information content (AvgIpc) is 2.95. The number of carbonyl (C=O) groups is 1. The first-order valence-corrected chi connectivity index (χ1v) is 9.79. The Morgan fingerprint density at radius 3 is 2.30 bits per heavy atom. The van der Waals surface area contributed by atoms with Crippen LogP contribution in [0.1, 0.15) is 48.0 Å². The number of halogens is 2. The standard InChI is InChI=1S/C21H18ClFN2OS/c22-16-8-4-14(5-9-16)18-20(27)25(21(24-18)12-2-1-3-13-21)19(26)15-6-10-17(23)11-7-15/h4-11H,1-3,12-13H2. The van der Waals surface area contributed by atoms with Gasteiger partial charge in [0.2, 0.25) is 0 Å². The van der Waals surface area contributed by atoms with Crippen LogP contribution in [0.15, 0.2) is 53.5 Å². The Kier molecular flexibility index (Phi) is 4.82. The Morgan fingerprint density at radius 1 is 1.04 bits per heavy atom. The Morgan fingerprint density at radius 2 is 1.67 bits per heavy atom. The summed E-state index contributed by atoms with van der Waals surface area (Å²) in [6.45, 7) is 0. The van der Waals surface area contributed by atoms with E-state index >= 15 is 0 Å². The maximum atomic E-state index is 13.3. The normalized spacial score (nSPS) is 18.7. The Hall–Kier alpha value is -2.11. The van der Waals surface area contributed by atoms with Crippen LogP contribution in [0.2, 0.25) is 5.02 Å². The summed E-state index contributed by atoms with van der Waals surface area (Å²) < 4.78 is 13.3. The molecule has 1 saturated carbocycles. The lowest BCUT2D eigenvalue weighted by atomic mass is 9.88. The highest BCUT2D eigenvalue weighted by molar-refractivity contribution is 7.82. The molecule has 1 aliphatic heterocycles. The summed E-state index contributed by atoms with van der Waals surface area (Å²) in [5.41, 5.74) is 1.27. The fourth-order valence-corrected chi connectivity index (χ4v) is 4.40. The van der Waals surface area contributed by atoms with Gasteiger partial charge in [0.15, 0.2) is 0 Å². The van der Waals surface area contributed by atoms with E-state index < -0.39 is 5.66 Å².